The number of para-hydroxylation sites is 1. The number of hydrogen-bond donors (Lipinski definition) is 1. The van der Waals surface area contributed by atoms with Crippen LogP contribution in [0.5, 0.6) is 0 Å². The molecule has 0 radical (unpaired) electrons. The molecule has 1 heterocycles. The highest BCUT2D eigenvalue weighted by atomic mass is 35.6. The zero-order valence-corrected chi connectivity index (χ0v) is 17.4. The molecule has 0 aliphatic rings. The third-order valence-corrected chi connectivity index (χ3v) is 5.72. The van der Waals surface area contributed by atoms with Gasteiger partial charge in [-0.05, 0) is 24.3 Å². The molecule has 0 aliphatic heterocycles. The molecule has 0 spiro atoms. The van der Waals surface area contributed by atoms with E-state index in [2.05, 4.69) is 10.3 Å². The van der Waals surface area contributed by atoms with Crippen LogP contribution in [0.15, 0.2) is 53.5 Å². The fourth-order valence-electron chi connectivity index (χ4n) is 2.14. The van der Waals surface area contributed by atoms with E-state index in [1.54, 1.807) is 42.5 Å². The van der Waals surface area contributed by atoms with Gasteiger partial charge in [0.1, 0.15) is 4.88 Å². The molecule has 3 rings (SSSR count). The van der Waals surface area contributed by atoms with Crippen LogP contribution >= 0.6 is 69.3 Å². The minimum atomic E-state index is -1.92. The van der Waals surface area contributed by atoms with Gasteiger partial charge in [0.2, 0.25) is 3.79 Å². The van der Waals surface area contributed by atoms with Crippen LogP contribution in [0.3, 0.4) is 0 Å². The third-order valence-electron chi connectivity index (χ3n) is 3.30. The van der Waals surface area contributed by atoms with Crippen LogP contribution in [-0.4, -0.2) is 15.5 Å². The van der Waals surface area contributed by atoms with Gasteiger partial charge in [-0.25, -0.2) is 4.99 Å². The van der Waals surface area contributed by atoms with Crippen molar-refractivity contribution < 1.29 is 4.79 Å². The molecule has 0 saturated carbocycles. The minimum absolute atomic E-state index is 0.120. The Morgan fingerprint density at radius 3 is 2.38 bits per heavy atom. The third kappa shape index (κ3) is 4.45. The van der Waals surface area contributed by atoms with E-state index >= 15 is 0 Å². The fraction of sp³-hybridized carbons (Fsp3) is 0.0588. The second-order valence-electron chi connectivity index (χ2n) is 5.13. The summed E-state index contributed by atoms with van der Waals surface area (Å²) in [5.74, 6) is -0.640. The number of carbonyl (C=O) groups is 1. The Labute approximate surface area is 178 Å². The number of amides is 1. The van der Waals surface area contributed by atoms with E-state index in [4.69, 9.17) is 58.0 Å². The summed E-state index contributed by atoms with van der Waals surface area (Å²) in [7, 11) is 0. The number of aliphatic imine (C=N–C) groups is 1. The van der Waals surface area contributed by atoms with E-state index in [-0.39, 0.29) is 10.7 Å². The molecule has 1 aromatic heterocycles. The zero-order valence-electron chi connectivity index (χ0n) is 12.8. The molecule has 0 fully saturated rings. The van der Waals surface area contributed by atoms with E-state index in [1.807, 2.05) is 6.07 Å². The molecule has 1 N–H and O–H groups in total. The van der Waals surface area contributed by atoms with Crippen LogP contribution in [0.25, 0.3) is 10.1 Å². The van der Waals surface area contributed by atoms with Crippen molar-refractivity contribution in [2.24, 2.45) is 4.99 Å². The molecule has 9 heteroatoms. The fourth-order valence-corrected chi connectivity index (χ4v) is 4.10. The highest BCUT2D eigenvalue weighted by Gasteiger charge is 2.31. The van der Waals surface area contributed by atoms with Crippen molar-refractivity contribution in [3.8, 4) is 0 Å². The highest BCUT2D eigenvalue weighted by Crippen LogP contribution is 2.37. The van der Waals surface area contributed by atoms with Gasteiger partial charge in [0.05, 0.1) is 10.7 Å². The molecule has 0 aliphatic carbocycles. The van der Waals surface area contributed by atoms with E-state index in [9.17, 15) is 4.79 Å². The number of nitrogens with zero attached hydrogens (tertiary/aromatic N) is 1. The van der Waals surface area contributed by atoms with Gasteiger partial charge >= 0.3 is 0 Å². The minimum Gasteiger partial charge on any atom is -0.306 e. The average Bonchev–Trinajstić information content (AvgIpc) is 2.90. The molecule has 0 bridgehead atoms. The Balaban J connectivity index is 1.96. The number of halogens is 5. The summed E-state index contributed by atoms with van der Waals surface area (Å²) in [5, 5.41) is 4.13. The lowest BCUT2D eigenvalue weighted by molar-refractivity contribution is 0.0980. The summed E-state index contributed by atoms with van der Waals surface area (Å²) in [6.45, 7) is 0. The molecule has 3 aromatic rings. The normalized spacial score (nSPS) is 12.4. The molecule has 26 heavy (non-hydrogen) atoms. The van der Waals surface area contributed by atoms with Gasteiger partial charge in [-0.3, -0.25) is 4.79 Å². The lowest BCUT2D eigenvalue weighted by Gasteiger charge is -2.15. The van der Waals surface area contributed by atoms with Crippen molar-refractivity contribution >= 4 is 96.9 Å². The summed E-state index contributed by atoms with van der Waals surface area (Å²) >= 11 is 31.4. The number of hydrogen-bond acceptors (Lipinski definition) is 3. The van der Waals surface area contributed by atoms with E-state index in [0.29, 0.717) is 15.7 Å². The lowest BCUT2D eigenvalue weighted by atomic mass is 10.2. The molecule has 1 amide bonds. The summed E-state index contributed by atoms with van der Waals surface area (Å²) in [6, 6.07) is 14.0. The molecular weight excluding hydrogens is 458 g/mol. The lowest BCUT2D eigenvalue weighted by Crippen LogP contribution is -2.38. The molecule has 134 valence electrons. The summed E-state index contributed by atoms with van der Waals surface area (Å²) in [6.07, 6.45) is 0. The first-order valence-corrected chi connectivity index (χ1v) is 9.86. The molecule has 0 unspecified atom stereocenters. The van der Waals surface area contributed by atoms with Crippen molar-refractivity contribution in [2.75, 3.05) is 0 Å². The second kappa shape index (κ2) is 7.93. The van der Waals surface area contributed by atoms with Crippen molar-refractivity contribution in [2.45, 2.75) is 3.79 Å². The van der Waals surface area contributed by atoms with E-state index in [0.717, 1.165) is 10.1 Å². The summed E-state index contributed by atoms with van der Waals surface area (Å²) in [4.78, 5) is 17.2. The SMILES string of the molecule is O=C(NC(=Nc1ccccc1)C(Cl)(Cl)Cl)c1sc2cc(Cl)ccc2c1Cl. The summed E-state index contributed by atoms with van der Waals surface area (Å²) in [5.41, 5.74) is 0.531. The molecule has 2 aromatic carbocycles. The maximum atomic E-state index is 12.7. The first-order chi connectivity index (χ1) is 12.3. The van der Waals surface area contributed by atoms with Crippen LogP contribution in [0.1, 0.15) is 9.67 Å². The predicted molar refractivity (Wildman–Crippen MR) is 113 cm³/mol. The Kier molecular flexibility index (Phi) is 6.02. The number of fused-ring (bicyclic) bond motifs is 1. The largest absolute Gasteiger partial charge is 0.306 e. The van der Waals surface area contributed by atoms with E-state index < -0.39 is 9.70 Å². The van der Waals surface area contributed by atoms with Gasteiger partial charge < -0.3 is 5.32 Å². The van der Waals surface area contributed by atoms with Crippen molar-refractivity contribution in [3.05, 3.63) is 63.5 Å². The van der Waals surface area contributed by atoms with Crippen LogP contribution in [-0.2, 0) is 0 Å². The van der Waals surface area contributed by atoms with Gasteiger partial charge in [-0.15, -0.1) is 11.3 Å². The monoisotopic (exact) mass is 464 g/mol. The first-order valence-electron chi connectivity index (χ1n) is 7.15. The van der Waals surface area contributed by atoms with Crippen molar-refractivity contribution in [1.82, 2.24) is 5.32 Å². The van der Waals surface area contributed by atoms with Gasteiger partial charge in [-0.1, -0.05) is 82.3 Å². The number of thiophene rings is 1. The summed E-state index contributed by atoms with van der Waals surface area (Å²) < 4.78 is -1.14. The molecular formula is C17H9Cl5N2OS. The number of benzene rings is 2. The van der Waals surface area contributed by atoms with Gasteiger partial charge in [0.25, 0.3) is 5.91 Å². The number of rotatable bonds is 2. The standard InChI is InChI=1S/C17H9Cl5N2OS/c18-9-6-7-11-12(8-9)26-14(13(11)19)15(25)24-16(17(20,21)22)23-10-4-2-1-3-5-10/h1-8H,(H,23,24,25). The van der Waals surface area contributed by atoms with Crippen LogP contribution < -0.4 is 5.32 Å². The predicted octanol–water partition coefficient (Wildman–Crippen LogP) is 7.04. The number of amidine groups is 1. The Bertz CT molecular complexity index is 996. The molecule has 3 nitrogen and oxygen atoms in total. The maximum absolute atomic E-state index is 12.7. The smallest absolute Gasteiger partial charge is 0.268 e. The van der Waals surface area contributed by atoms with Gasteiger partial charge in [0.15, 0.2) is 5.84 Å². The highest BCUT2D eigenvalue weighted by molar-refractivity contribution is 7.21. The van der Waals surface area contributed by atoms with Gasteiger partial charge in [-0.2, -0.15) is 0 Å². The average molecular weight is 467 g/mol. The van der Waals surface area contributed by atoms with Crippen LogP contribution in [0, 0.1) is 0 Å². The number of alkyl halides is 3. The van der Waals surface area contributed by atoms with E-state index in [1.165, 1.54) is 11.3 Å². The first kappa shape index (κ1) is 19.7. The van der Waals surface area contributed by atoms with Crippen LogP contribution in [0.4, 0.5) is 5.69 Å². The number of nitrogens with one attached hydrogen (secondary N) is 1. The van der Waals surface area contributed by atoms with Crippen LogP contribution in [0.2, 0.25) is 10.0 Å². The molecule has 0 atom stereocenters. The topological polar surface area (TPSA) is 41.5 Å². The quantitative estimate of drug-likeness (QED) is 0.246. The Morgan fingerprint density at radius 2 is 1.73 bits per heavy atom. The maximum Gasteiger partial charge on any atom is 0.268 e. The van der Waals surface area contributed by atoms with Gasteiger partial charge in [0, 0.05) is 15.1 Å². The Morgan fingerprint density at radius 1 is 1.04 bits per heavy atom. The van der Waals surface area contributed by atoms with Crippen molar-refractivity contribution in [1.29, 1.82) is 0 Å². The Hall–Kier alpha value is -1.01. The van der Waals surface area contributed by atoms with Crippen molar-refractivity contribution in [3.63, 3.8) is 0 Å². The second-order valence-corrected chi connectivity index (χ2v) is 9.28. The zero-order chi connectivity index (χ0) is 18.9. The molecule has 0 saturated heterocycles. The number of carbonyl (C=O) groups excluding carboxylic acids is 1.